The highest BCUT2D eigenvalue weighted by atomic mass is 32.2. The van der Waals surface area contributed by atoms with Crippen LogP contribution in [0.5, 0.6) is 0 Å². The van der Waals surface area contributed by atoms with Gasteiger partial charge in [0.2, 0.25) is 11.8 Å². The van der Waals surface area contributed by atoms with Gasteiger partial charge in [-0.3, -0.25) is 14.4 Å². The van der Waals surface area contributed by atoms with Crippen LogP contribution in [0, 0.1) is 0 Å². The molecule has 6 N–H and O–H groups in total. The molecule has 3 rings (SSSR count). The monoisotopic (exact) mass is 507 g/mol. The predicted octanol–water partition coefficient (Wildman–Crippen LogP) is 3.55. The third-order valence-corrected chi connectivity index (χ3v) is 6.05. The number of hydrogen-bond donors (Lipinski definition) is 5. The lowest BCUT2D eigenvalue weighted by Gasteiger charge is -2.13. The van der Waals surface area contributed by atoms with Crippen molar-refractivity contribution in [3.8, 4) is 0 Å². The molecule has 10 nitrogen and oxygen atoms in total. The number of carboxylic acid groups (broad SMARTS) is 2. The number of nitrogens with two attached hydrogens (primary N) is 1. The van der Waals surface area contributed by atoms with Gasteiger partial charge in [-0.2, -0.15) is 0 Å². The molecule has 3 aromatic rings. The summed E-state index contributed by atoms with van der Waals surface area (Å²) in [7, 11) is 0. The molecule has 36 heavy (non-hydrogen) atoms. The standard InChI is InChI=1S/C25H21N3O7S/c1-13(22(30)27-16-8-5-14(6-9-16)21(26)29)36-18-4-2-3-17(12-18)28-23(31)19-10-7-15(24(32)33)11-20(19)25(34)35/h2-13H,1H3,(H2,26,29)(H,27,30)(H,28,31)(H,32,33)(H,34,35). The topological polar surface area (TPSA) is 176 Å². The van der Waals surface area contributed by atoms with Gasteiger partial charge in [0.25, 0.3) is 5.91 Å². The molecule has 0 heterocycles. The van der Waals surface area contributed by atoms with E-state index < -0.39 is 34.6 Å². The zero-order valence-electron chi connectivity index (χ0n) is 18.8. The fraction of sp³-hybridized carbons (Fsp3) is 0.0800. The van der Waals surface area contributed by atoms with E-state index in [1.54, 1.807) is 43.3 Å². The van der Waals surface area contributed by atoms with E-state index in [1.165, 1.54) is 23.9 Å². The first-order chi connectivity index (χ1) is 17.0. The quantitative estimate of drug-likeness (QED) is 0.273. The van der Waals surface area contributed by atoms with Crippen LogP contribution < -0.4 is 16.4 Å². The van der Waals surface area contributed by atoms with Gasteiger partial charge in [0, 0.05) is 21.8 Å². The Morgan fingerprint density at radius 3 is 2.06 bits per heavy atom. The molecule has 1 atom stereocenters. The molecule has 0 saturated carbocycles. The minimum absolute atomic E-state index is 0.194. The maximum absolute atomic E-state index is 12.7. The molecule has 0 saturated heterocycles. The molecule has 0 aromatic heterocycles. The number of hydrogen-bond acceptors (Lipinski definition) is 6. The minimum Gasteiger partial charge on any atom is -0.478 e. The molecule has 11 heteroatoms. The largest absolute Gasteiger partial charge is 0.478 e. The number of carbonyl (C=O) groups is 5. The van der Waals surface area contributed by atoms with Gasteiger partial charge < -0.3 is 26.6 Å². The molecular formula is C25H21N3O7S. The highest BCUT2D eigenvalue weighted by Gasteiger charge is 2.20. The van der Waals surface area contributed by atoms with Gasteiger partial charge in [0.05, 0.1) is 21.9 Å². The Morgan fingerprint density at radius 1 is 0.778 bits per heavy atom. The number of benzene rings is 3. The maximum atomic E-state index is 12.7. The molecule has 0 radical (unpaired) electrons. The fourth-order valence-electron chi connectivity index (χ4n) is 3.12. The zero-order chi connectivity index (χ0) is 26.4. The third kappa shape index (κ3) is 6.48. The molecule has 184 valence electrons. The van der Waals surface area contributed by atoms with Crippen LogP contribution in [0.15, 0.2) is 71.6 Å². The Morgan fingerprint density at radius 2 is 1.44 bits per heavy atom. The van der Waals surface area contributed by atoms with Gasteiger partial charge in [-0.05, 0) is 67.6 Å². The first-order valence-electron chi connectivity index (χ1n) is 10.4. The minimum atomic E-state index is -1.43. The normalized spacial score (nSPS) is 11.2. The first-order valence-corrected chi connectivity index (χ1v) is 11.3. The molecule has 3 aromatic carbocycles. The molecule has 3 amide bonds. The lowest BCUT2D eigenvalue weighted by molar-refractivity contribution is -0.115. The van der Waals surface area contributed by atoms with E-state index in [-0.39, 0.29) is 17.0 Å². The number of carboxylic acids is 2. The Bertz CT molecular complexity index is 1360. The van der Waals surface area contributed by atoms with Gasteiger partial charge in [-0.25, -0.2) is 9.59 Å². The van der Waals surface area contributed by atoms with Gasteiger partial charge in [0.1, 0.15) is 0 Å². The van der Waals surface area contributed by atoms with E-state index >= 15 is 0 Å². The van der Waals surface area contributed by atoms with Crippen molar-refractivity contribution < 1.29 is 34.2 Å². The average Bonchev–Trinajstić information content (AvgIpc) is 2.84. The van der Waals surface area contributed by atoms with Crippen LogP contribution in [-0.2, 0) is 4.79 Å². The second-order valence-electron chi connectivity index (χ2n) is 7.54. The van der Waals surface area contributed by atoms with Crippen molar-refractivity contribution in [1.29, 1.82) is 0 Å². The summed E-state index contributed by atoms with van der Waals surface area (Å²) in [6, 6.07) is 16.0. The zero-order valence-corrected chi connectivity index (χ0v) is 19.7. The highest BCUT2D eigenvalue weighted by Crippen LogP contribution is 2.27. The summed E-state index contributed by atoms with van der Waals surface area (Å²) < 4.78 is 0. The first kappa shape index (κ1) is 26.0. The third-order valence-electron chi connectivity index (χ3n) is 4.95. The van der Waals surface area contributed by atoms with E-state index in [0.717, 1.165) is 18.2 Å². The van der Waals surface area contributed by atoms with Crippen LogP contribution in [0.25, 0.3) is 0 Å². The summed E-state index contributed by atoms with van der Waals surface area (Å²) in [5, 5.41) is 23.3. The van der Waals surface area contributed by atoms with Crippen molar-refractivity contribution >= 4 is 52.8 Å². The maximum Gasteiger partial charge on any atom is 0.336 e. The number of rotatable bonds is 9. The number of nitrogens with one attached hydrogen (secondary N) is 2. The van der Waals surface area contributed by atoms with E-state index in [0.29, 0.717) is 21.8 Å². The number of amides is 3. The molecule has 0 aliphatic rings. The van der Waals surface area contributed by atoms with Gasteiger partial charge in [0.15, 0.2) is 0 Å². The average molecular weight is 508 g/mol. The molecule has 1 unspecified atom stereocenters. The predicted molar refractivity (Wildman–Crippen MR) is 134 cm³/mol. The SMILES string of the molecule is CC(Sc1cccc(NC(=O)c2ccc(C(=O)O)cc2C(=O)O)c1)C(=O)Nc1ccc(C(N)=O)cc1. The smallest absolute Gasteiger partial charge is 0.336 e. The Hall–Kier alpha value is -4.64. The Balaban J connectivity index is 1.68. The van der Waals surface area contributed by atoms with Gasteiger partial charge in [-0.15, -0.1) is 11.8 Å². The van der Waals surface area contributed by atoms with Crippen molar-refractivity contribution in [3.05, 3.63) is 89.0 Å². The lowest BCUT2D eigenvalue weighted by atomic mass is 10.0. The van der Waals surface area contributed by atoms with Crippen LogP contribution in [-0.4, -0.2) is 45.1 Å². The number of carbonyl (C=O) groups excluding carboxylic acids is 3. The summed E-state index contributed by atoms with van der Waals surface area (Å²) in [4.78, 5) is 59.8. The number of primary amides is 1. The summed E-state index contributed by atoms with van der Waals surface area (Å²) in [5.41, 5.74) is 5.51. The van der Waals surface area contributed by atoms with Crippen molar-refractivity contribution in [3.63, 3.8) is 0 Å². The van der Waals surface area contributed by atoms with Crippen LogP contribution in [0.2, 0.25) is 0 Å². The second kappa shape index (κ2) is 11.2. The molecule has 0 aliphatic carbocycles. The Labute approximate surface area is 209 Å². The van der Waals surface area contributed by atoms with E-state index in [4.69, 9.17) is 10.8 Å². The van der Waals surface area contributed by atoms with Gasteiger partial charge in [-0.1, -0.05) is 6.07 Å². The second-order valence-corrected chi connectivity index (χ2v) is 8.96. The summed E-state index contributed by atoms with van der Waals surface area (Å²) in [6.45, 7) is 1.70. The number of thioether (sulfide) groups is 1. The summed E-state index contributed by atoms with van der Waals surface area (Å²) in [6.07, 6.45) is 0. The summed E-state index contributed by atoms with van der Waals surface area (Å²) >= 11 is 1.23. The highest BCUT2D eigenvalue weighted by molar-refractivity contribution is 8.00. The molecule has 0 bridgehead atoms. The fourth-order valence-corrected chi connectivity index (χ4v) is 4.04. The van der Waals surface area contributed by atoms with Crippen LogP contribution in [0.1, 0.15) is 48.4 Å². The van der Waals surface area contributed by atoms with Crippen molar-refractivity contribution in [2.75, 3.05) is 10.6 Å². The Kier molecular flexibility index (Phi) is 8.07. The van der Waals surface area contributed by atoms with Crippen LogP contribution in [0.4, 0.5) is 11.4 Å². The molecule has 0 aliphatic heterocycles. The molecule has 0 spiro atoms. The molecule has 0 fully saturated rings. The van der Waals surface area contributed by atoms with Crippen molar-refractivity contribution in [2.24, 2.45) is 5.73 Å². The van der Waals surface area contributed by atoms with Crippen LogP contribution >= 0.6 is 11.8 Å². The molecular weight excluding hydrogens is 486 g/mol. The van der Waals surface area contributed by atoms with E-state index in [9.17, 15) is 29.1 Å². The van der Waals surface area contributed by atoms with Crippen LogP contribution in [0.3, 0.4) is 0 Å². The summed E-state index contributed by atoms with van der Waals surface area (Å²) in [5.74, 6) is -4.32. The van der Waals surface area contributed by atoms with Gasteiger partial charge >= 0.3 is 11.9 Å². The number of aromatic carboxylic acids is 2. The number of anilines is 2. The van der Waals surface area contributed by atoms with E-state index in [2.05, 4.69) is 10.6 Å². The lowest BCUT2D eigenvalue weighted by Crippen LogP contribution is -2.22. The van der Waals surface area contributed by atoms with Crippen molar-refractivity contribution in [2.45, 2.75) is 17.1 Å². The van der Waals surface area contributed by atoms with E-state index in [1.807, 2.05) is 0 Å². The van der Waals surface area contributed by atoms with Crippen molar-refractivity contribution in [1.82, 2.24) is 0 Å².